The molecule has 2 aliphatic rings. The van der Waals surface area contributed by atoms with Gasteiger partial charge in [0.2, 0.25) is 0 Å². The second kappa shape index (κ2) is 9.21. The molecule has 1 aromatic carbocycles. The second-order valence-corrected chi connectivity index (χ2v) is 7.27. The molecule has 0 spiro atoms. The number of hydrogen-bond acceptors (Lipinski definition) is 3. The van der Waals surface area contributed by atoms with Gasteiger partial charge in [-0.05, 0) is 56.4 Å². The minimum Gasteiger partial charge on any atom is -0.376 e. The number of carbonyl (C=O) groups is 1. The molecule has 144 valence electrons. The maximum atomic E-state index is 13.1. The third-order valence-corrected chi connectivity index (χ3v) is 5.24. The summed E-state index contributed by atoms with van der Waals surface area (Å²) in [7, 11) is 0. The second-order valence-electron chi connectivity index (χ2n) is 7.27. The first-order chi connectivity index (χ1) is 12.7. The predicted octanol–water partition coefficient (Wildman–Crippen LogP) is 3.40. The van der Waals surface area contributed by atoms with E-state index in [1.54, 1.807) is 0 Å². The molecule has 2 heterocycles. The van der Waals surface area contributed by atoms with Crippen molar-refractivity contribution in [3.63, 3.8) is 0 Å². The topological polar surface area (TPSA) is 44.8 Å². The van der Waals surface area contributed by atoms with Crippen LogP contribution in [0.5, 0.6) is 0 Å². The summed E-state index contributed by atoms with van der Waals surface area (Å²) >= 11 is 0. The monoisotopic (exact) mass is 363 g/mol. The van der Waals surface area contributed by atoms with Crippen LogP contribution in [0.3, 0.4) is 0 Å². The van der Waals surface area contributed by atoms with E-state index in [9.17, 15) is 9.18 Å². The van der Waals surface area contributed by atoms with E-state index in [2.05, 4.69) is 17.1 Å². The van der Waals surface area contributed by atoms with Crippen molar-refractivity contribution in [1.29, 1.82) is 0 Å². The number of nitrogens with one attached hydrogen (secondary N) is 1. The van der Waals surface area contributed by atoms with Gasteiger partial charge in [-0.15, -0.1) is 0 Å². The Hall–Kier alpha value is -1.82. The van der Waals surface area contributed by atoms with Gasteiger partial charge in [0.25, 0.3) is 0 Å². The van der Waals surface area contributed by atoms with Gasteiger partial charge < -0.3 is 19.9 Å². The van der Waals surface area contributed by atoms with Crippen LogP contribution in [0, 0.1) is 5.82 Å². The van der Waals surface area contributed by atoms with Gasteiger partial charge in [0.05, 0.1) is 6.10 Å². The Morgan fingerprint density at radius 1 is 1.19 bits per heavy atom. The summed E-state index contributed by atoms with van der Waals surface area (Å²) in [5.74, 6) is -0.210. The first kappa shape index (κ1) is 19.0. The van der Waals surface area contributed by atoms with Crippen LogP contribution in [0.2, 0.25) is 0 Å². The van der Waals surface area contributed by atoms with Gasteiger partial charge in [0.15, 0.2) is 0 Å². The highest BCUT2D eigenvalue weighted by molar-refractivity contribution is 5.74. The van der Waals surface area contributed by atoms with Crippen LogP contribution in [0.15, 0.2) is 24.3 Å². The fourth-order valence-corrected chi connectivity index (χ4v) is 3.74. The van der Waals surface area contributed by atoms with Crippen molar-refractivity contribution >= 4 is 11.7 Å². The summed E-state index contributed by atoms with van der Waals surface area (Å²) in [6, 6.07) is 6.87. The molecule has 5 nitrogen and oxygen atoms in total. The number of rotatable bonds is 5. The Labute approximate surface area is 155 Å². The van der Waals surface area contributed by atoms with Crippen molar-refractivity contribution in [3.8, 4) is 0 Å². The number of nitrogens with zero attached hydrogens (tertiary/aromatic N) is 2. The molecule has 6 heteroatoms. The van der Waals surface area contributed by atoms with E-state index < -0.39 is 0 Å². The Bertz CT molecular complexity index is 573. The Morgan fingerprint density at radius 3 is 2.62 bits per heavy atom. The van der Waals surface area contributed by atoms with Crippen molar-refractivity contribution in [3.05, 3.63) is 30.1 Å². The summed E-state index contributed by atoms with van der Waals surface area (Å²) in [4.78, 5) is 16.7. The number of hydrogen-bond donors (Lipinski definition) is 1. The molecule has 1 atom stereocenters. The molecule has 2 aliphatic heterocycles. The Kier molecular flexibility index (Phi) is 6.72. The highest BCUT2D eigenvalue weighted by atomic mass is 19.1. The molecule has 2 amide bonds. The number of likely N-dealkylation sites (tertiary alicyclic amines) is 1. The molecule has 0 aromatic heterocycles. The van der Waals surface area contributed by atoms with Gasteiger partial charge >= 0.3 is 6.03 Å². The summed E-state index contributed by atoms with van der Waals surface area (Å²) in [6.07, 6.45) is 5.05. The van der Waals surface area contributed by atoms with E-state index >= 15 is 0 Å². The van der Waals surface area contributed by atoms with Crippen molar-refractivity contribution < 1.29 is 13.9 Å². The van der Waals surface area contributed by atoms with Crippen molar-refractivity contribution in [2.75, 3.05) is 37.7 Å². The van der Waals surface area contributed by atoms with Crippen LogP contribution in [-0.4, -0.2) is 55.9 Å². The fraction of sp³-hybridized carbons (Fsp3) is 0.650. The van der Waals surface area contributed by atoms with E-state index in [-0.39, 0.29) is 24.0 Å². The first-order valence-electron chi connectivity index (χ1n) is 9.83. The number of carbonyl (C=O) groups excluding carboxylic acids is 1. The number of ether oxygens (including phenoxy) is 1. The van der Waals surface area contributed by atoms with E-state index in [0.29, 0.717) is 6.54 Å². The van der Waals surface area contributed by atoms with Gasteiger partial charge in [-0.1, -0.05) is 6.92 Å². The van der Waals surface area contributed by atoms with Crippen LogP contribution in [0.25, 0.3) is 0 Å². The van der Waals surface area contributed by atoms with Gasteiger partial charge in [0, 0.05) is 44.5 Å². The van der Waals surface area contributed by atoms with E-state index in [0.717, 1.165) is 64.0 Å². The molecule has 26 heavy (non-hydrogen) atoms. The summed E-state index contributed by atoms with van der Waals surface area (Å²) in [5, 5.41) is 3.19. The van der Waals surface area contributed by atoms with E-state index in [1.807, 2.05) is 17.0 Å². The molecule has 2 saturated heterocycles. The molecule has 1 aromatic rings. The van der Waals surface area contributed by atoms with Crippen molar-refractivity contribution in [2.45, 2.75) is 51.2 Å². The predicted molar refractivity (Wildman–Crippen MR) is 101 cm³/mol. The average molecular weight is 363 g/mol. The minimum absolute atomic E-state index is 0.0371. The van der Waals surface area contributed by atoms with Crippen LogP contribution in [-0.2, 0) is 4.74 Å². The van der Waals surface area contributed by atoms with Gasteiger partial charge in [-0.3, -0.25) is 0 Å². The van der Waals surface area contributed by atoms with Gasteiger partial charge in [-0.25, -0.2) is 9.18 Å². The molecular formula is C20H30FN3O2. The molecular weight excluding hydrogens is 333 g/mol. The minimum atomic E-state index is -0.210. The number of urea groups is 1. The van der Waals surface area contributed by atoms with Crippen LogP contribution < -0.4 is 10.2 Å². The highest BCUT2D eigenvalue weighted by Gasteiger charge is 2.27. The zero-order valence-corrected chi connectivity index (χ0v) is 15.6. The standard InChI is InChI=1S/C20H30FN3O2/c1-2-14-26-19-4-3-11-24(15-19)20(25)22-17-9-12-23(13-10-17)18-7-5-16(21)6-8-18/h5-8,17,19H,2-4,9-15H2,1H3,(H,22,25)/t19-/m0/s1. The van der Waals surface area contributed by atoms with Gasteiger partial charge in [-0.2, -0.15) is 0 Å². The van der Waals surface area contributed by atoms with Crippen LogP contribution >= 0.6 is 0 Å². The summed E-state index contributed by atoms with van der Waals surface area (Å²) in [6.45, 7) is 6.12. The molecule has 0 aliphatic carbocycles. The Morgan fingerprint density at radius 2 is 1.92 bits per heavy atom. The Balaban J connectivity index is 1.43. The lowest BCUT2D eigenvalue weighted by Crippen LogP contribution is -2.52. The average Bonchev–Trinajstić information content (AvgIpc) is 2.68. The maximum Gasteiger partial charge on any atom is 0.317 e. The largest absolute Gasteiger partial charge is 0.376 e. The molecule has 0 saturated carbocycles. The molecule has 0 bridgehead atoms. The zero-order chi connectivity index (χ0) is 18.4. The lowest BCUT2D eigenvalue weighted by atomic mass is 10.0. The quantitative estimate of drug-likeness (QED) is 0.872. The molecule has 3 rings (SSSR count). The summed E-state index contributed by atoms with van der Waals surface area (Å²) < 4.78 is 18.9. The maximum absolute atomic E-state index is 13.1. The number of benzene rings is 1. The van der Waals surface area contributed by atoms with Gasteiger partial charge in [0.1, 0.15) is 5.82 Å². The highest BCUT2D eigenvalue weighted by Crippen LogP contribution is 2.21. The SMILES string of the molecule is CCCO[C@H]1CCCN(C(=O)NC2CCN(c3ccc(F)cc3)CC2)C1. The normalized spacial score (nSPS) is 21.7. The van der Waals surface area contributed by atoms with Crippen molar-refractivity contribution in [2.24, 2.45) is 0 Å². The number of halogens is 1. The third-order valence-electron chi connectivity index (χ3n) is 5.24. The first-order valence-corrected chi connectivity index (χ1v) is 9.83. The molecule has 0 radical (unpaired) electrons. The lowest BCUT2D eigenvalue weighted by molar-refractivity contribution is 0.00966. The summed E-state index contributed by atoms with van der Waals surface area (Å²) in [5.41, 5.74) is 1.04. The van der Waals surface area contributed by atoms with E-state index in [4.69, 9.17) is 4.74 Å². The number of piperidine rings is 2. The number of amides is 2. The van der Waals surface area contributed by atoms with E-state index in [1.165, 1.54) is 12.1 Å². The third kappa shape index (κ3) is 5.10. The number of anilines is 1. The molecule has 0 unspecified atom stereocenters. The zero-order valence-electron chi connectivity index (χ0n) is 15.6. The molecule has 2 fully saturated rings. The van der Waals surface area contributed by atoms with Crippen molar-refractivity contribution in [1.82, 2.24) is 10.2 Å². The molecule has 1 N–H and O–H groups in total. The van der Waals surface area contributed by atoms with Crippen LogP contribution in [0.1, 0.15) is 39.0 Å². The fourth-order valence-electron chi connectivity index (χ4n) is 3.74. The smallest absolute Gasteiger partial charge is 0.317 e. The van der Waals surface area contributed by atoms with Crippen LogP contribution in [0.4, 0.5) is 14.9 Å². The lowest BCUT2D eigenvalue weighted by Gasteiger charge is -2.37.